The molecule has 2 aromatic rings. The second kappa shape index (κ2) is 6.98. The van der Waals surface area contributed by atoms with Gasteiger partial charge in [0.15, 0.2) is 5.16 Å². The van der Waals surface area contributed by atoms with Crippen molar-refractivity contribution in [2.45, 2.75) is 25.5 Å². The van der Waals surface area contributed by atoms with Crippen LogP contribution in [0.1, 0.15) is 11.3 Å². The van der Waals surface area contributed by atoms with Gasteiger partial charge in [0, 0.05) is 22.5 Å². The normalized spacial score (nSPS) is 10.5. The van der Waals surface area contributed by atoms with E-state index in [2.05, 4.69) is 10.3 Å². The average Bonchev–Trinajstić information content (AvgIpc) is 2.45. The van der Waals surface area contributed by atoms with E-state index in [1.165, 1.54) is 22.4 Å². The number of anilines is 1. The minimum absolute atomic E-state index is 0.0895. The molecular formula is C15H16ClN3O2S. The molecule has 0 aliphatic heterocycles. The first-order chi connectivity index (χ1) is 10.4. The Labute approximate surface area is 137 Å². The highest BCUT2D eigenvalue weighted by Crippen LogP contribution is 2.20. The fraction of sp³-hybridized carbons (Fsp3) is 0.267. The van der Waals surface area contributed by atoms with Crippen LogP contribution < -0.4 is 10.9 Å². The average molecular weight is 338 g/mol. The SMILES string of the molecule is CSc1nc(C)cc(=O)n1CC(=O)Nc1ccc(C)c(Cl)c1. The molecule has 1 heterocycles. The van der Waals surface area contributed by atoms with Crippen LogP contribution in [0, 0.1) is 13.8 Å². The van der Waals surface area contributed by atoms with Crippen LogP contribution in [0.25, 0.3) is 0 Å². The van der Waals surface area contributed by atoms with E-state index < -0.39 is 0 Å². The quantitative estimate of drug-likeness (QED) is 0.688. The fourth-order valence-corrected chi connectivity index (χ4v) is 2.70. The Morgan fingerprint density at radius 3 is 2.73 bits per heavy atom. The smallest absolute Gasteiger partial charge is 0.254 e. The molecule has 0 fully saturated rings. The van der Waals surface area contributed by atoms with Crippen LogP contribution in [0.5, 0.6) is 0 Å². The van der Waals surface area contributed by atoms with Crippen molar-refractivity contribution in [3.8, 4) is 0 Å². The highest BCUT2D eigenvalue weighted by atomic mass is 35.5. The van der Waals surface area contributed by atoms with E-state index in [0.717, 1.165) is 5.56 Å². The Bertz CT molecular complexity index is 774. The summed E-state index contributed by atoms with van der Waals surface area (Å²) in [5.74, 6) is -0.303. The molecule has 0 bridgehead atoms. The molecule has 0 aliphatic rings. The summed E-state index contributed by atoms with van der Waals surface area (Å²) in [6, 6.07) is 6.69. The molecule has 0 aliphatic carbocycles. The number of aromatic nitrogens is 2. The van der Waals surface area contributed by atoms with Crippen LogP contribution >= 0.6 is 23.4 Å². The number of thioether (sulfide) groups is 1. The van der Waals surface area contributed by atoms with E-state index in [4.69, 9.17) is 11.6 Å². The highest BCUT2D eigenvalue weighted by Gasteiger charge is 2.11. The summed E-state index contributed by atoms with van der Waals surface area (Å²) in [7, 11) is 0. The van der Waals surface area contributed by atoms with Crippen LogP contribution in [0.4, 0.5) is 5.69 Å². The maximum absolute atomic E-state index is 12.1. The Hall–Kier alpha value is -1.79. The fourth-order valence-electron chi connectivity index (χ4n) is 1.91. The Morgan fingerprint density at radius 2 is 2.09 bits per heavy atom. The minimum atomic E-state index is -0.303. The number of nitrogens with one attached hydrogen (secondary N) is 1. The Kier molecular flexibility index (Phi) is 5.26. The van der Waals surface area contributed by atoms with Gasteiger partial charge in [-0.15, -0.1) is 0 Å². The van der Waals surface area contributed by atoms with Gasteiger partial charge in [-0.05, 0) is 37.8 Å². The van der Waals surface area contributed by atoms with Gasteiger partial charge in [0.05, 0.1) is 0 Å². The third-order valence-corrected chi connectivity index (χ3v) is 4.13. The second-order valence-electron chi connectivity index (χ2n) is 4.82. The van der Waals surface area contributed by atoms with Crippen molar-refractivity contribution in [3.05, 3.63) is 50.9 Å². The van der Waals surface area contributed by atoms with Crippen LogP contribution in [-0.2, 0) is 11.3 Å². The van der Waals surface area contributed by atoms with Crippen molar-refractivity contribution in [3.63, 3.8) is 0 Å². The number of halogens is 1. The van der Waals surface area contributed by atoms with Crippen LogP contribution in [-0.4, -0.2) is 21.7 Å². The summed E-state index contributed by atoms with van der Waals surface area (Å²) in [5.41, 5.74) is 1.92. The van der Waals surface area contributed by atoms with Gasteiger partial charge in [0.1, 0.15) is 6.54 Å². The molecule has 116 valence electrons. The third kappa shape index (κ3) is 3.90. The van der Waals surface area contributed by atoms with E-state index in [9.17, 15) is 9.59 Å². The first kappa shape index (κ1) is 16.6. The molecule has 1 N–H and O–H groups in total. The second-order valence-corrected chi connectivity index (χ2v) is 6.00. The van der Waals surface area contributed by atoms with Crippen LogP contribution in [0.2, 0.25) is 5.02 Å². The van der Waals surface area contributed by atoms with E-state index in [-0.39, 0.29) is 18.0 Å². The van der Waals surface area contributed by atoms with Crippen LogP contribution in [0.3, 0.4) is 0 Å². The van der Waals surface area contributed by atoms with Crippen molar-refractivity contribution in [1.82, 2.24) is 9.55 Å². The molecule has 5 nitrogen and oxygen atoms in total. The molecule has 7 heteroatoms. The zero-order valence-corrected chi connectivity index (χ0v) is 14.1. The Balaban J connectivity index is 2.19. The summed E-state index contributed by atoms with van der Waals surface area (Å²) in [5, 5.41) is 3.83. The van der Waals surface area contributed by atoms with Gasteiger partial charge in [0.25, 0.3) is 5.56 Å². The maximum atomic E-state index is 12.1. The molecule has 0 saturated heterocycles. The van der Waals surface area contributed by atoms with Crippen molar-refractivity contribution < 1.29 is 4.79 Å². The lowest BCUT2D eigenvalue weighted by Gasteiger charge is -2.11. The first-order valence-electron chi connectivity index (χ1n) is 6.59. The zero-order valence-electron chi connectivity index (χ0n) is 12.5. The summed E-state index contributed by atoms with van der Waals surface area (Å²) >= 11 is 7.36. The number of carbonyl (C=O) groups is 1. The first-order valence-corrected chi connectivity index (χ1v) is 8.19. The molecule has 1 amide bonds. The molecule has 0 saturated carbocycles. The van der Waals surface area contributed by atoms with Gasteiger partial charge < -0.3 is 5.32 Å². The summed E-state index contributed by atoms with van der Waals surface area (Å²) in [6.45, 7) is 3.55. The van der Waals surface area contributed by atoms with E-state index in [1.807, 2.05) is 19.2 Å². The molecule has 22 heavy (non-hydrogen) atoms. The van der Waals surface area contributed by atoms with Crippen molar-refractivity contribution >= 4 is 35.0 Å². The molecule has 0 spiro atoms. The number of amides is 1. The lowest BCUT2D eigenvalue weighted by atomic mass is 10.2. The molecule has 0 radical (unpaired) electrons. The predicted octanol–water partition coefficient (Wildman–Crippen LogP) is 2.87. The van der Waals surface area contributed by atoms with Crippen LogP contribution in [0.15, 0.2) is 34.2 Å². The molecular weight excluding hydrogens is 322 g/mol. The van der Waals surface area contributed by atoms with Gasteiger partial charge in [-0.1, -0.05) is 29.4 Å². The van der Waals surface area contributed by atoms with Crippen molar-refractivity contribution in [2.24, 2.45) is 0 Å². The standard InChI is InChI=1S/C15H16ClN3O2S/c1-9-4-5-11(7-12(9)16)18-13(20)8-19-14(21)6-10(2)17-15(19)22-3/h4-7H,8H2,1-3H3,(H,18,20). The number of hydrogen-bond acceptors (Lipinski definition) is 4. The molecule has 1 aromatic carbocycles. The topological polar surface area (TPSA) is 64.0 Å². The number of carbonyl (C=O) groups excluding carboxylic acids is 1. The van der Waals surface area contributed by atoms with Crippen molar-refractivity contribution in [2.75, 3.05) is 11.6 Å². The number of aryl methyl sites for hydroxylation is 2. The number of rotatable bonds is 4. The summed E-state index contributed by atoms with van der Waals surface area (Å²) in [6.07, 6.45) is 1.81. The zero-order chi connectivity index (χ0) is 16.3. The molecule has 2 rings (SSSR count). The summed E-state index contributed by atoms with van der Waals surface area (Å²) in [4.78, 5) is 28.4. The summed E-state index contributed by atoms with van der Waals surface area (Å²) < 4.78 is 1.35. The van der Waals surface area contributed by atoms with Gasteiger partial charge in [-0.3, -0.25) is 14.2 Å². The highest BCUT2D eigenvalue weighted by molar-refractivity contribution is 7.98. The van der Waals surface area contributed by atoms with Gasteiger partial charge in [0.2, 0.25) is 5.91 Å². The lowest BCUT2D eigenvalue weighted by molar-refractivity contribution is -0.116. The van der Waals surface area contributed by atoms with Gasteiger partial charge >= 0.3 is 0 Å². The molecule has 0 atom stereocenters. The third-order valence-electron chi connectivity index (χ3n) is 3.04. The Morgan fingerprint density at radius 1 is 1.36 bits per heavy atom. The molecule has 0 unspecified atom stereocenters. The van der Waals surface area contributed by atoms with Crippen molar-refractivity contribution in [1.29, 1.82) is 0 Å². The van der Waals surface area contributed by atoms with E-state index >= 15 is 0 Å². The largest absolute Gasteiger partial charge is 0.324 e. The lowest BCUT2D eigenvalue weighted by Crippen LogP contribution is -2.29. The van der Waals surface area contributed by atoms with Gasteiger partial charge in [-0.2, -0.15) is 0 Å². The number of nitrogens with zero attached hydrogens (tertiary/aromatic N) is 2. The molecule has 1 aromatic heterocycles. The van der Waals surface area contributed by atoms with E-state index in [1.54, 1.807) is 19.1 Å². The number of hydrogen-bond donors (Lipinski definition) is 1. The predicted molar refractivity (Wildman–Crippen MR) is 89.8 cm³/mol. The van der Waals surface area contributed by atoms with Gasteiger partial charge in [-0.25, -0.2) is 4.98 Å². The van der Waals surface area contributed by atoms with E-state index in [0.29, 0.717) is 21.6 Å². The maximum Gasteiger partial charge on any atom is 0.254 e. The number of benzene rings is 1. The monoisotopic (exact) mass is 337 g/mol. The minimum Gasteiger partial charge on any atom is -0.324 e.